The summed E-state index contributed by atoms with van der Waals surface area (Å²) < 4.78 is 0. The number of amides is 2. The second kappa shape index (κ2) is 8.47. The molecule has 0 radical (unpaired) electrons. The number of nitro groups is 1. The number of hydrogen-bond donors (Lipinski definition) is 0. The Morgan fingerprint density at radius 2 is 1.50 bits per heavy atom. The van der Waals surface area contributed by atoms with E-state index in [1.807, 2.05) is 49.4 Å². The van der Waals surface area contributed by atoms with E-state index in [2.05, 4.69) is 0 Å². The Bertz CT molecular complexity index is 1220. The molecule has 7 heteroatoms. The van der Waals surface area contributed by atoms with E-state index in [0.717, 1.165) is 22.6 Å². The number of carbonyl (C=O) groups is 2. The van der Waals surface area contributed by atoms with Crippen LogP contribution in [0, 0.1) is 10.1 Å². The summed E-state index contributed by atoms with van der Waals surface area (Å²) in [5.41, 5.74) is 3.10. The van der Waals surface area contributed by atoms with Crippen molar-refractivity contribution in [3.8, 4) is 0 Å². The van der Waals surface area contributed by atoms with Gasteiger partial charge >= 0.3 is 0 Å². The highest BCUT2D eigenvalue weighted by Gasteiger charge is 2.42. The van der Waals surface area contributed by atoms with Crippen LogP contribution in [0.1, 0.15) is 18.1 Å². The van der Waals surface area contributed by atoms with E-state index in [1.165, 1.54) is 24.3 Å². The second-order valence-electron chi connectivity index (χ2n) is 7.39. The average Bonchev–Trinajstić information content (AvgIpc) is 3.09. The largest absolute Gasteiger partial charge is 0.339 e. The molecular weight excluding hydrogens is 406 g/mol. The Morgan fingerprint density at radius 3 is 2.06 bits per heavy atom. The van der Waals surface area contributed by atoms with Crippen molar-refractivity contribution < 1.29 is 14.5 Å². The normalized spacial score (nSPS) is 13.6. The maximum Gasteiger partial charge on any atom is 0.282 e. The zero-order valence-electron chi connectivity index (χ0n) is 17.7. The summed E-state index contributed by atoms with van der Waals surface area (Å²) in [5.74, 6) is -0.912. The van der Waals surface area contributed by atoms with Crippen LogP contribution in [0.2, 0.25) is 0 Å². The van der Waals surface area contributed by atoms with Crippen LogP contribution in [-0.2, 0) is 16.0 Å². The van der Waals surface area contributed by atoms with E-state index in [1.54, 1.807) is 24.1 Å². The molecule has 4 rings (SSSR count). The number of non-ortho nitro benzene ring substituents is 1. The standard InChI is InChI=1S/C25H21N3O4/c1-3-17-9-13-20(14-10-17)27-24(29)22(18-11-15-21(16-12-18)28(31)32)23(25(27)30)26(2)19-7-5-4-6-8-19/h4-16H,3H2,1-2H3. The summed E-state index contributed by atoms with van der Waals surface area (Å²) in [6, 6.07) is 22.2. The molecule has 3 aromatic rings. The minimum absolute atomic E-state index is 0.0869. The van der Waals surface area contributed by atoms with Gasteiger partial charge in [-0.05, 0) is 53.9 Å². The predicted octanol–water partition coefficient (Wildman–Crippen LogP) is 4.58. The van der Waals surface area contributed by atoms with E-state index in [4.69, 9.17) is 0 Å². The van der Waals surface area contributed by atoms with Gasteiger partial charge in [0.05, 0.1) is 16.2 Å². The van der Waals surface area contributed by atoms with Crippen LogP contribution in [0.3, 0.4) is 0 Å². The first-order chi connectivity index (χ1) is 15.4. The van der Waals surface area contributed by atoms with Crippen LogP contribution in [0.15, 0.2) is 84.6 Å². The lowest BCUT2D eigenvalue weighted by Gasteiger charge is -2.21. The molecule has 2 amide bonds. The monoisotopic (exact) mass is 427 g/mol. The smallest absolute Gasteiger partial charge is 0.282 e. The number of nitrogens with zero attached hydrogens (tertiary/aromatic N) is 3. The summed E-state index contributed by atoms with van der Waals surface area (Å²) in [7, 11) is 1.73. The quantitative estimate of drug-likeness (QED) is 0.327. The maximum atomic E-state index is 13.5. The highest BCUT2D eigenvalue weighted by atomic mass is 16.6. The molecule has 1 aliphatic heterocycles. The Hall–Kier alpha value is -4.26. The molecule has 32 heavy (non-hydrogen) atoms. The van der Waals surface area contributed by atoms with Crippen LogP contribution in [0.4, 0.5) is 17.1 Å². The molecule has 0 atom stereocenters. The number of hydrogen-bond acceptors (Lipinski definition) is 5. The van der Waals surface area contributed by atoms with Gasteiger partial charge in [0.15, 0.2) is 0 Å². The van der Waals surface area contributed by atoms with Crippen LogP contribution >= 0.6 is 0 Å². The van der Waals surface area contributed by atoms with Gasteiger partial charge in [-0.2, -0.15) is 0 Å². The molecule has 1 aliphatic rings. The van der Waals surface area contributed by atoms with Crippen molar-refractivity contribution in [3.63, 3.8) is 0 Å². The molecule has 0 spiro atoms. The number of imide groups is 1. The number of nitro benzene ring substituents is 1. The third kappa shape index (κ3) is 3.65. The molecular formula is C25H21N3O4. The fourth-order valence-electron chi connectivity index (χ4n) is 3.74. The van der Waals surface area contributed by atoms with Crippen LogP contribution < -0.4 is 9.80 Å². The van der Waals surface area contributed by atoms with Gasteiger partial charge in [-0.15, -0.1) is 0 Å². The van der Waals surface area contributed by atoms with Crippen molar-refractivity contribution in [1.29, 1.82) is 0 Å². The zero-order valence-corrected chi connectivity index (χ0v) is 17.7. The van der Waals surface area contributed by atoms with Crippen LogP contribution in [0.25, 0.3) is 5.57 Å². The first-order valence-electron chi connectivity index (χ1n) is 10.2. The van der Waals surface area contributed by atoms with Gasteiger partial charge in [-0.3, -0.25) is 19.7 Å². The van der Waals surface area contributed by atoms with Gasteiger partial charge in [-0.1, -0.05) is 37.3 Å². The molecule has 0 aliphatic carbocycles. The zero-order chi connectivity index (χ0) is 22.8. The summed E-state index contributed by atoms with van der Waals surface area (Å²) in [6.45, 7) is 2.03. The lowest BCUT2D eigenvalue weighted by Crippen LogP contribution is -2.34. The van der Waals surface area contributed by atoms with E-state index >= 15 is 0 Å². The minimum Gasteiger partial charge on any atom is -0.339 e. The summed E-state index contributed by atoms with van der Waals surface area (Å²) in [6.07, 6.45) is 0.844. The average molecular weight is 427 g/mol. The van der Waals surface area contributed by atoms with Crippen molar-refractivity contribution in [2.45, 2.75) is 13.3 Å². The van der Waals surface area contributed by atoms with Gasteiger partial charge in [0, 0.05) is 24.9 Å². The summed E-state index contributed by atoms with van der Waals surface area (Å²) in [5, 5.41) is 11.1. The highest BCUT2D eigenvalue weighted by Crippen LogP contribution is 2.36. The molecule has 0 N–H and O–H groups in total. The lowest BCUT2D eigenvalue weighted by atomic mass is 10.0. The summed E-state index contributed by atoms with van der Waals surface area (Å²) >= 11 is 0. The van der Waals surface area contributed by atoms with Crippen molar-refractivity contribution in [1.82, 2.24) is 0 Å². The molecule has 0 saturated carbocycles. The molecule has 7 nitrogen and oxygen atoms in total. The Kier molecular flexibility index (Phi) is 5.55. The molecule has 0 aromatic heterocycles. The molecule has 0 fully saturated rings. The SMILES string of the molecule is CCc1ccc(N2C(=O)C(c3ccc([N+](=O)[O-])cc3)=C(N(C)c3ccccc3)C2=O)cc1. The number of aryl methyl sites for hydroxylation is 1. The van der Waals surface area contributed by atoms with Gasteiger partial charge in [0.1, 0.15) is 5.70 Å². The third-order valence-electron chi connectivity index (χ3n) is 5.51. The van der Waals surface area contributed by atoms with E-state index < -0.39 is 16.7 Å². The number of anilines is 2. The molecule has 160 valence electrons. The number of benzene rings is 3. The van der Waals surface area contributed by atoms with E-state index in [-0.39, 0.29) is 17.0 Å². The minimum atomic E-state index is -0.502. The maximum absolute atomic E-state index is 13.5. The van der Waals surface area contributed by atoms with Gasteiger partial charge in [0.25, 0.3) is 17.5 Å². The topological polar surface area (TPSA) is 83.8 Å². The first kappa shape index (κ1) is 21.0. The van der Waals surface area contributed by atoms with Crippen molar-refractivity contribution in [2.75, 3.05) is 16.8 Å². The number of likely N-dealkylation sites (N-methyl/N-ethyl adjacent to an activating group) is 1. The summed E-state index contributed by atoms with van der Waals surface area (Å²) in [4.78, 5) is 40.5. The number of carbonyl (C=O) groups excluding carboxylic acids is 2. The lowest BCUT2D eigenvalue weighted by molar-refractivity contribution is -0.384. The van der Waals surface area contributed by atoms with Crippen molar-refractivity contribution in [3.05, 3.63) is 106 Å². The van der Waals surface area contributed by atoms with Gasteiger partial charge < -0.3 is 4.90 Å². The van der Waals surface area contributed by atoms with Crippen LogP contribution in [0.5, 0.6) is 0 Å². The Morgan fingerprint density at radius 1 is 0.875 bits per heavy atom. The fourth-order valence-corrected chi connectivity index (χ4v) is 3.74. The number of rotatable bonds is 6. The molecule has 0 saturated heterocycles. The van der Waals surface area contributed by atoms with Gasteiger partial charge in [-0.25, -0.2) is 4.90 Å². The van der Waals surface area contributed by atoms with Crippen molar-refractivity contribution in [2.24, 2.45) is 0 Å². The fraction of sp³-hybridized carbons (Fsp3) is 0.120. The molecule has 0 bridgehead atoms. The Labute approximate surface area is 185 Å². The van der Waals surface area contributed by atoms with Crippen molar-refractivity contribution >= 4 is 34.4 Å². The van der Waals surface area contributed by atoms with Crippen LogP contribution in [-0.4, -0.2) is 23.8 Å². The molecule has 3 aromatic carbocycles. The number of para-hydroxylation sites is 1. The first-order valence-corrected chi connectivity index (χ1v) is 10.2. The van der Waals surface area contributed by atoms with E-state index in [9.17, 15) is 19.7 Å². The third-order valence-corrected chi connectivity index (χ3v) is 5.51. The van der Waals surface area contributed by atoms with E-state index in [0.29, 0.717) is 11.3 Å². The second-order valence-corrected chi connectivity index (χ2v) is 7.39. The highest BCUT2D eigenvalue weighted by molar-refractivity contribution is 6.46. The molecule has 1 heterocycles. The Balaban J connectivity index is 1.84. The predicted molar refractivity (Wildman–Crippen MR) is 123 cm³/mol. The van der Waals surface area contributed by atoms with Gasteiger partial charge in [0.2, 0.25) is 0 Å². The molecule has 0 unspecified atom stereocenters.